The molecule has 3 aromatic carbocycles. The lowest BCUT2D eigenvalue weighted by atomic mass is 9.90. The van der Waals surface area contributed by atoms with Crippen molar-refractivity contribution in [3.8, 4) is 5.75 Å². The molecule has 7 nitrogen and oxygen atoms in total. The normalized spacial score (nSPS) is 23.3. The van der Waals surface area contributed by atoms with Crippen LogP contribution in [0.2, 0.25) is 0 Å². The SMILES string of the molecule is C[C@@]12C[C@@H](NC(=O)N1c1cccc(C(=O)N3CCN(c4ccccc4)CC3)c1)c1ccccc1O2. The molecule has 2 bridgehead atoms. The number of nitrogens with zero attached hydrogens (tertiary/aromatic N) is 3. The number of rotatable bonds is 3. The van der Waals surface area contributed by atoms with E-state index in [9.17, 15) is 9.59 Å². The number of hydrogen-bond acceptors (Lipinski definition) is 4. The van der Waals surface area contributed by atoms with Gasteiger partial charge in [-0.3, -0.25) is 9.69 Å². The first-order chi connectivity index (χ1) is 17.0. The van der Waals surface area contributed by atoms with Gasteiger partial charge in [0.25, 0.3) is 5.91 Å². The highest BCUT2D eigenvalue weighted by molar-refractivity contribution is 5.99. The van der Waals surface area contributed by atoms with E-state index in [-0.39, 0.29) is 18.0 Å². The third-order valence-corrected chi connectivity index (χ3v) is 7.22. The molecule has 3 aliphatic heterocycles. The molecule has 2 fully saturated rings. The molecule has 3 aromatic rings. The molecule has 2 atom stereocenters. The van der Waals surface area contributed by atoms with Crippen molar-refractivity contribution in [1.82, 2.24) is 10.2 Å². The van der Waals surface area contributed by atoms with Crippen molar-refractivity contribution in [1.29, 1.82) is 0 Å². The van der Waals surface area contributed by atoms with E-state index < -0.39 is 5.72 Å². The van der Waals surface area contributed by atoms with Crippen LogP contribution in [0.3, 0.4) is 0 Å². The van der Waals surface area contributed by atoms with Crippen molar-refractivity contribution < 1.29 is 14.3 Å². The first-order valence-corrected chi connectivity index (χ1v) is 12.1. The predicted octanol–water partition coefficient (Wildman–Crippen LogP) is 4.42. The minimum Gasteiger partial charge on any atom is -0.467 e. The molecule has 0 unspecified atom stereocenters. The van der Waals surface area contributed by atoms with Gasteiger partial charge in [-0.1, -0.05) is 42.5 Å². The summed E-state index contributed by atoms with van der Waals surface area (Å²) in [5.41, 5.74) is 2.56. The molecule has 0 aliphatic carbocycles. The highest BCUT2D eigenvalue weighted by Gasteiger charge is 2.49. The van der Waals surface area contributed by atoms with Gasteiger partial charge in [-0.2, -0.15) is 0 Å². The summed E-state index contributed by atoms with van der Waals surface area (Å²) in [4.78, 5) is 32.4. The Morgan fingerprint density at radius 1 is 0.914 bits per heavy atom. The van der Waals surface area contributed by atoms with Crippen molar-refractivity contribution in [2.45, 2.75) is 25.1 Å². The molecule has 178 valence electrons. The number of ether oxygens (including phenoxy) is 1. The van der Waals surface area contributed by atoms with Crippen LogP contribution in [0.4, 0.5) is 16.2 Å². The molecule has 1 N–H and O–H groups in total. The summed E-state index contributed by atoms with van der Waals surface area (Å²) in [7, 11) is 0. The summed E-state index contributed by atoms with van der Waals surface area (Å²) in [6, 6.07) is 25.1. The highest BCUT2D eigenvalue weighted by Crippen LogP contribution is 2.45. The van der Waals surface area contributed by atoms with Gasteiger partial charge in [0.1, 0.15) is 5.75 Å². The van der Waals surface area contributed by atoms with E-state index in [1.54, 1.807) is 11.0 Å². The van der Waals surface area contributed by atoms with E-state index in [1.807, 2.05) is 72.5 Å². The number of anilines is 2. The number of urea groups is 1. The van der Waals surface area contributed by atoms with E-state index in [1.165, 1.54) is 5.69 Å². The molecule has 3 amide bonds. The average molecular weight is 469 g/mol. The van der Waals surface area contributed by atoms with Crippen LogP contribution in [-0.2, 0) is 0 Å². The summed E-state index contributed by atoms with van der Waals surface area (Å²) in [5.74, 6) is 0.759. The van der Waals surface area contributed by atoms with E-state index in [0.29, 0.717) is 30.8 Å². The van der Waals surface area contributed by atoms with Crippen LogP contribution in [0.25, 0.3) is 0 Å². The van der Waals surface area contributed by atoms with Gasteiger partial charge in [-0.05, 0) is 43.3 Å². The fraction of sp³-hybridized carbons (Fsp3) is 0.286. The summed E-state index contributed by atoms with van der Waals surface area (Å²) < 4.78 is 6.36. The Balaban J connectivity index is 1.22. The van der Waals surface area contributed by atoms with Crippen LogP contribution in [0, 0.1) is 0 Å². The van der Waals surface area contributed by atoms with E-state index in [0.717, 1.165) is 24.4 Å². The quantitative estimate of drug-likeness (QED) is 0.618. The first kappa shape index (κ1) is 21.5. The van der Waals surface area contributed by atoms with Crippen molar-refractivity contribution in [2.24, 2.45) is 0 Å². The number of fused-ring (bicyclic) bond motifs is 4. The Kier molecular flexibility index (Phi) is 5.13. The third kappa shape index (κ3) is 3.77. The summed E-state index contributed by atoms with van der Waals surface area (Å²) >= 11 is 0. The molecule has 0 spiro atoms. The van der Waals surface area contributed by atoms with E-state index in [4.69, 9.17) is 4.74 Å². The van der Waals surface area contributed by atoms with Crippen LogP contribution in [0.15, 0.2) is 78.9 Å². The summed E-state index contributed by atoms with van der Waals surface area (Å²) in [6.07, 6.45) is 0.620. The Labute approximate surface area is 204 Å². The van der Waals surface area contributed by atoms with Gasteiger partial charge in [0, 0.05) is 49.4 Å². The van der Waals surface area contributed by atoms with Crippen LogP contribution in [0.1, 0.15) is 35.3 Å². The second-order valence-corrected chi connectivity index (χ2v) is 9.52. The number of carbonyl (C=O) groups excluding carboxylic acids is 2. The minimum atomic E-state index is -0.843. The van der Waals surface area contributed by atoms with Gasteiger partial charge < -0.3 is 19.9 Å². The van der Waals surface area contributed by atoms with Gasteiger partial charge >= 0.3 is 6.03 Å². The highest BCUT2D eigenvalue weighted by atomic mass is 16.5. The molecule has 0 saturated carbocycles. The Morgan fingerprint density at radius 3 is 2.43 bits per heavy atom. The second kappa shape index (κ2) is 8.34. The fourth-order valence-electron chi connectivity index (χ4n) is 5.48. The van der Waals surface area contributed by atoms with Gasteiger partial charge in [0.15, 0.2) is 5.72 Å². The average Bonchev–Trinajstić information content (AvgIpc) is 2.88. The molecular formula is C28H28N4O3. The van der Waals surface area contributed by atoms with Gasteiger partial charge in [-0.25, -0.2) is 4.79 Å². The molecule has 2 saturated heterocycles. The Morgan fingerprint density at radius 2 is 1.63 bits per heavy atom. The topological polar surface area (TPSA) is 65.1 Å². The molecule has 7 heteroatoms. The smallest absolute Gasteiger partial charge is 0.325 e. The number of piperazine rings is 1. The fourth-order valence-corrected chi connectivity index (χ4v) is 5.48. The van der Waals surface area contributed by atoms with Gasteiger partial charge in [0.05, 0.1) is 11.7 Å². The lowest BCUT2D eigenvalue weighted by Gasteiger charge is -2.50. The van der Waals surface area contributed by atoms with Crippen LogP contribution >= 0.6 is 0 Å². The van der Waals surface area contributed by atoms with Crippen LogP contribution in [0.5, 0.6) is 5.75 Å². The van der Waals surface area contributed by atoms with E-state index in [2.05, 4.69) is 22.3 Å². The Hall–Kier alpha value is -4.00. The number of hydrogen-bond donors (Lipinski definition) is 1. The standard InChI is InChI=1S/C28H28N4O3/c1-28-19-24(23-12-5-6-13-25(23)35-28)29-27(34)32(28)22-11-7-8-20(18-22)26(33)31-16-14-30(15-17-31)21-9-3-2-4-10-21/h2-13,18,24H,14-17,19H2,1H3,(H,29,34)/t24-,28-/m1/s1. The zero-order chi connectivity index (χ0) is 24.0. The zero-order valence-corrected chi connectivity index (χ0v) is 19.7. The van der Waals surface area contributed by atoms with Crippen molar-refractivity contribution >= 4 is 23.3 Å². The Bertz CT molecular complexity index is 1270. The van der Waals surface area contributed by atoms with Crippen molar-refractivity contribution in [3.63, 3.8) is 0 Å². The molecule has 0 aromatic heterocycles. The third-order valence-electron chi connectivity index (χ3n) is 7.22. The number of benzene rings is 3. The van der Waals surface area contributed by atoms with Crippen LogP contribution < -0.4 is 19.9 Å². The first-order valence-electron chi connectivity index (χ1n) is 12.1. The number of carbonyl (C=O) groups is 2. The van der Waals surface area contributed by atoms with Crippen molar-refractivity contribution in [3.05, 3.63) is 90.0 Å². The molecule has 35 heavy (non-hydrogen) atoms. The molecule has 3 heterocycles. The van der Waals surface area contributed by atoms with E-state index >= 15 is 0 Å². The predicted molar refractivity (Wildman–Crippen MR) is 135 cm³/mol. The van der Waals surface area contributed by atoms with Crippen LogP contribution in [-0.4, -0.2) is 48.7 Å². The van der Waals surface area contributed by atoms with Gasteiger partial charge in [-0.15, -0.1) is 0 Å². The lowest BCUT2D eigenvalue weighted by Crippen LogP contribution is -2.65. The summed E-state index contributed by atoms with van der Waals surface area (Å²) in [5, 5.41) is 3.12. The maximum Gasteiger partial charge on any atom is 0.325 e. The molecule has 0 radical (unpaired) electrons. The summed E-state index contributed by atoms with van der Waals surface area (Å²) in [6.45, 7) is 4.82. The van der Waals surface area contributed by atoms with Crippen molar-refractivity contribution in [2.75, 3.05) is 36.0 Å². The molecule has 3 aliphatic rings. The maximum atomic E-state index is 13.4. The lowest BCUT2D eigenvalue weighted by molar-refractivity contribution is 0.0378. The molecule has 6 rings (SSSR count). The monoisotopic (exact) mass is 468 g/mol. The van der Waals surface area contributed by atoms with Gasteiger partial charge in [0.2, 0.25) is 0 Å². The number of amides is 3. The molecular weight excluding hydrogens is 440 g/mol. The largest absolute Gasteiger partial charge is 0.467 e. The maximum absolute atomic E-state index is 13.4. The number of para-hydroxylation sites is 2. The second-order valence-electron chi connectivity index (χ2n) is 9.52. The number of nitrogens with one attached hydrogen (secondary N) is 1. The minimum absolute atomic E-state index is 0.0186. The zero-order valence-electron chi connectivity index (χ0n) is 19.7.